The van der Waals surface area contributed by atoms with E-state index >= 15 is 0 Å². The van der Waals surface area contributed by atoms with E-state index in [1.165, 1.54) is 11.3 Å². The van der Waals surface area contributed by atoms with Crippen molar-refractivity contribution in [2.24, 2.45) is 5.92 Å². The molecule has 2 aromatic heterocycles. The second-order valence-electron chi connectivity index (χ2n) is 6.10. The van der Waals surface area contributed by atoms with Crippen LogP contribution in [0.5, 0.6) is 0 Å². The molecule has 0 saturated heterocycles. The summed E-state index contributed by atoms with van der Waals surface area (Å²) in [6, 6.07) is 1.94. The topological polar surface area (TPSA) is 55.6 Å². The highest BCUT2D eigenvalue weighted by molar-refractivity contribution is 5.38. The molecule has 4 rings (SSSR count). The lowest BCUT2D eigenvalue weighted by molar-refractivity contribution is 0.618. The van der Waals surface area contributed by atoms with Crippen molar-refractivity contribution in [2.45, 2.75) is 25.7 Å². The van der Waals surface area contributed by atoms with E-state index in [-0.39, 0.29) is 0 Å². The van der Waals surface area contributed by atoms with Crippen LogP contribution in [0, 0.1) is 5.92 Å². The van der Waals surface area contributed by atoms with Gasteiger partial charge >= 0.3 is 0 Å². The molecule has 0 saturated carbocycles. The Morgan fingerprint density at radius 2 is 2.13 bits per heavy atom. The number of allylic oxidation sites excluding steroid dienone is 4. The smallest absolute Gasteiger partial charge is 0.160 e. The van der Waals surface area contributed by atoms with E-state index in [1.54, 1.807) is 6.20 Å². The Hall–Kier alpha value is -2.27. The van der Waals surface area contributed by atoms with Crippen LogP contribution in [0.1, 0.15) is 23.5 Å². The van der Waals surface area contributed by atoms with Gasteiger partial charge in [0.2, 0.25) is 0 Å². The maximum Gasteiger partial charge on any atom is 0.160 e. The van der Waals surface area contributed by atoms with Crippen molar-refractivity contribution in [2.75, 3.05) is 13.1 Å². The molecule has 1 N–H and O–H groups in total. The first kappa shape index (κ1) is 14.3. The van der Waals surface area contributed by atoms with Crippen molar-refractivity contribution in [1.29, 1.82) is 0 Å². The van der Waals surface area contributed by atoms with Gasteiger partial charge in [-0.2, -0.15) is 5.10 Å². The van der Waals surface area contributed by atoms with Crippen LogP contribution in [0.15, 0.2) is 42.8 Å². The average Bonchev–Trinajstić information content (AvgIpc) is 3.01. The first-order valence-electron chi connectivity index (χ1n) is 8.33. The zero-order chi connectivity index (χ0) is 15.5. The first-order chi connectivity index (χ1) is 11.4. The van der Waals surface area contributed by atoms with Gasteiger partial charge in [-0.05, 0) is 31.4 Å². The fraction of sp³-hybridized carbons (Fsp3) is 0.389. The third kappa shape index (κ3) is 3.10. The van der Waals surface area contributed by atoms with Gasteiger partial charge in [0.05, 0.1) is 5.69 Å². The minimum atomic E-state index is 0.493. The Bertz CT molecular complexity index is 730. The number of fused-ring (bicyclic) bond motifs is 1. The molecule has 5 heteroatoms. The van der Waals surface area contributed by atoms with Gasteiger partial charge in [0.15, 0.2) is 5.82 Å². The van der Waals surface area contributed by atoms with E-state index in [9.17, 15) is 0 Å². The summed E-state index contributed by atoms with van der Waals surface area (Å²) in [7, 11) is 0. The van der Waals surface area contributed by atoms with Crippen molar-refractivity contribution in [3.05, 3.63) is 59.8 Å². The van der Waals surface area contributed by atoms with Crippen molar-refractivity contribution in [3.8, 4) is 5.82 Å². The highest BCUT2D eigenvalue weighted by atomic mass is 15.3. The number of nitrogens with one attached hydrogen (secondary N) is 1. The molecule has 1 atom stereocenters. The molecule has 0 spiro atoms. The molecule has 1 aliphatic carbocycles. The zero-order valence-electron chi connectivity index (χ0n) is 13.2. The van der Waals surface area contributed by atoms with E-state index in [0.29, 0.717) is 5.92 Å². The van der Waals surface area contributed by atoms with Gasteiger partial charge in [-0.15, -0.1) is 0 Å². The summed E-state index contributed by atoms with van der Waals surface area (Å²) in [5, 5.41) is 7.84. The number of nitrogens with zero attached hydrogens (tertiary/aromatic N) is 4. The molecule has 118 valence electrons. The van der Waals surface area contributed by atoms with Crippen LogP contribution in [-0.4, -0.2) is 32.8 Å². The summed E-state index contributed by atoms with van der Waals surface area (Å²) >= 11 is 0. The summed E-state index contributed by atoms with van der Waals surface area (Å²) in [5.74, 6) is 2.38. The van der Waals surface area contributed by atoms with Crippen molar-refractivity contribution in [1.82, 2.24) is 25.1 Å². The molecule has 2 aromatic rings. The van der Waals surface area contributed by atoms with Crippen LogP contribution in [-0.2, 0) is 19.3 Å². The van der Waals surface area contributed by atoms with Crippen LogP contribution >= 0.6 is 0 Å². The van der Waals surface area contributed by atoms with E-state index in [2.05, 4.69) is 34.7 Å². The first-order valence-corrected chi connectivity index (χ1v) is 8.33. The standard InChI is InChI=1S/C18H21N5/c1-2-5-14(6-3-1)13-17-21-16-8-11-19-10-7-15(16)18(22-17)23-12-4-9-20-23/h1-5,9,12,14,19H,6-8,10-11,13H2. The molecule has 1 aliphatic heterocycles. The summed E-state index contributed by atoms with van der Waals surface area (Å²) in [6.45, 7) is 1.95. The zero-order valence-corrected chi connectivity index (χ0v) is 13.2. The molecule has 1 unspecified atom stereocenters. The fourth-order valence-electron chi connectivity index (χ4n) is 3.27. The van der Waals surface area contributed by atoms with Gasteiger partial charge in [0.1, 0.15) is 5.82 Å². The fourth-order valence-corrected chi connectivity index (χ4v) is 3.27. The van der Waals surface area contributed by atoms with Crippen molar-refractivity contribution < 1.29 is 0 Å². The monoisotopic (exact) mass is 307 g/mol. The van der Waals surface area contributed by atoms with E-state index < -0.39 is 0 Å². The number of rotatable bonds is 3. The van der Waals surface area contributed by atoms with Crippen LogP contribution in [0.3, 0.4) is 0 Å². The lowest BCUT2D eigenvalue weighted by Crippen LogP contribution is -2.16. The van der Waals surface area contributed by atoms with Crippen LogP contribution in [0.2, 0.25) is 0 Å². The van der Waals surface area contributed by atoms with E-state index in [0.717, 1.165) is 50.4 Å². The minimum Gasteiger partial charge on any atom is -0.316 e. The molecule has 5 nitrogen and oxygen atoms in total. The molecule has 3 heterocycles. The Morgan fingerprint density at radius 1 is 1.17 bits per heavy atom. The van der Waals surface area contributed by atoms with Crippen LogP contribution in [0.25, 0.3) is 5.82 Å². The molecular formula is C18H21N5. The molecule has 0 radical (unpaired) electrons. The van der Waals surface area contributed by atoms with E-state index in [1.807, 2.05) is 16.9 Å². The van der Waals surface area contributed by atoms with Gasteiger partial charge in [-0.25, -0.2) is 14.6 Å². The van der Waals surface area contributed by atoms with Gasteiger partial charge in [0, 0.05) is 37.3 Å². The average molecular weight is 307 g/mol. The van der Waals surface area contributed by atoms with Crippen molar-refractivity contribution in [3.63, 3.8) is 0 Å². The number of hydrogen-bond donors (Lipinski definition) is 1. The van der Waals surface area contributed by atoms with Gasteiger partial charge < -0.3 is 5.32 Å². The summed E-state index contributed by atoms with van der Waals surface area (Å²) in [5.41, 5.74) is 2.42. The molecule has 0 aromatic carbocycles. The van der Waals surface area contributed by atoms with Crippen LogP contribution in [0.4, 0.5) is 0 Å². The van der Waals surface area contributed by atoms with Gasteiger partial charge in [0.25, 0.3) is 0 Å². The molecule has 0 bridgehead atoms. The van der Waals surface area contributed by atoms with E-state index in [4.69, 9.17) is 9.97 Å². The van der Waals surface area contributed by atoms with Gasteiger partial charge in [-0.3, -0.25) is 0 Å². The lowest BCUT2D eigenvalue weighted by Gasteiger charge is -2.16. The maximum absolute atomic E-state index is 4.89. The lowest BCUT2D eigenvalue weighted by atomic mass is 9.97. The minimum absolute atomic E-state index is 0.493. The Kier molecular flexibility index (Phi) is 4.03. The van der Waals surface area contributed by atoms with Gasteiger partial charge in [-0.1, -0.05) is 24.3 Å². The third-order valence-electron chi connectivity index (χ3n) is 4.44. The number of aromatic nitrogens is 4. The maximum atomic E-state index is 4.89. The summed E-state index contributed by atoms with van der Waals surface area (Å²) in [4.78, 5) is 9.76. The molecule has 23 heavy (non-hydrogen) atoms. The predicted molar refractivity (Wildman–Crippen MR) is 89.5 cm³/mol. The quantitative estimate of drug-likeness (QED) is 0.942. The third-order valence-corrected chi connectivity index (χ3v) is 4.44. The van der Waals surface area contributed by atoms with Crippen molar-refractivity contribution >= 4 is 0 Å². The highest BCUT2D eigenvalue weighted by Crippen LogP contribution is 2.21. The largest absolute Gasteiger partial charge is 0.316 e. The second kappa shape index (κ2) is 6.46. The van der Waals surface area contributed by atoms with Crippen LogP contribution < -0.4 is 5.32 Å². The summed E-state index contributed by atoms with van der Waals surface area (Å²) in [6.07, 6.45) is 16.3. The second-order valence-corrected chi connectivity index (χ2v) is 6.10. The Morgan fingerprint density at radius 3 is 2.96 bits per heavy atom. The number of hydrogen-bond acceptors (Lipinski definition) is 4. The Labute approximate surface area is 136 Å². The molecule has 0 amide bonds. The Balaban J connectivity index is 1.72. The molecule has 0 fully saturated rings. The summed E-state index contributed by atoms with van der Waals surface area (Å²) < 4.78 is 1.88. The predicted octanol–water partition coefficient (Wildman–Crippen LogP) is 2.03. The molecule has 2 aliphatic rings. The highest BCUT2D eigenvalue weighted by Gasteiger charge is 2.19. The molecular weight excluding hydrogens is 286 g/mol. The normalized spacial score (nSPS) is 20.3. The SMILES string of the molecule is C1=CCC(Cc2nc3c(c(-n4cccn4)n2)CCNCC3)C=C1.